The van der Waals surface area contributed by atoms with Crippen LogP contribution >= 0.6 is 0 Å². The van der Waals surface area contributed by atoms with E-state index >= 15 is 0 Å². The van der Waals surface area contributed by atoms with Gasteiger partial charge in [0.2, 0.25) is 0 Å². The third kappa shape index (κ3) is 2.58. The lowest BCUT2D eigenvalue weighted by molar-refractivity contribution is -0.139. The Morgan fingerprint density at radius 1 is 1.04 bits per heavy atom. The van der Waals surface area contributed by atoms with E-state index in [0.29, 0.717) is 11.1 Å². The molecule has 0 unspecified atom stereocenters. The van der Waals surface area contributed by atoms with Crippen molar-refractivity contribution in [2.24, 2.45) is 0 Å². The first-order valence-electron chi connectivity index (χ1n) is 7.47. The number of aryl methyl sites for hydroxylation is 1. The van der Waals surface area contributed by atoms with Crippen molar-refractivity contribution in [3.05, 3.63) is 76.6 Å². The van der Waals surface area contributed by atoms with Gasteiger partial charge in [-0.05, 0) is 24.6 Å². The number of carbonyl (C=O) groups excluding carboxylic acids is 2. The Balaban J connectivity index is 2.16. The molecule has 2 aromatic rings. The van der Waals surface area contributed by atoms with Crippen molar-refractivity contribution in [2.45, 2.75) is 13.0 Å². The molecule has 1 atom stereocenters. The van der Waals surface area contributed by atoms with Gasteiger partial charge in [-0.1, -0.05) is 42.0 Å². The number of halogens is 1. The Morgan fingerprint density at radius 2 is 1.62 bits per heavy atom. The Morgan fingerprint density at radius 3 is 2.21 bits per heavy atom. The predicted molar refractivity (Wildman–Crippen MR) is 87.6 cm³/mol. The number of ketones is 1. The van der Waals surface area contributed by atoms with Gasteiger partial charge in [0.1, 0.15) is 11.6 Å². The Hall–Kier alpha value is -2.95. The zero-order chi connectivity index (χ0) is 17.4. The molecule has 0 radical (unpaired) electrons. The largest absolute Gasteiger partial charge is 0.507 e. The number of nitrogens with zero attached hydrogens (tertiary/aromatic N) is 1. The van der Waals surface area contributed by atoms with Crippen molar-refractivity contribution in [1.82, 2.24) is 4.90 Å². The molecule has 1 aliphatic heterocycles. The molecule has 1 saturated heterocycles. The summed E-state index contributed by atoms with van der Waals surface area (Å²) in [5.41, 5.74) is 2.04. The van der Waals surface area contributed by atoms with Crippen LogP contribution in [0.15, 0.2) is 54.1 Å². The van der Waals surface area contributed by atoms with E-state index in [4.69, 9.17) is 0 Å². The zero-order valence-corrected chi connectivity index (χ0v) is 13.3. The third-order valence-corrected chi connectivity index (χ3v) is 4.19. The van der Waals surface area contributed by atoms with E-state index < -0.39 is 23.5 Å². The van der Waals surface area contributed by atoms with Gasteiger partial charge in [0.05, 0.1) is 11.6 Å². The molecule has 0 saturated carbocycles. The first-order valence-corrected chi connectivity index (χ1v) is 7.47. The van der Waals surface area contributed by atoms with Crippen molar-refractivity contribution in [3.63, 3.8) is 0 Å². The highest BCUT2D eigenvalue weighted by atomic mass is 19.1. The molecule has 1 amide bonds. The number of hydrogen-bond donors (Lipinski definition) is 1. The summed E-state index contributed by atoms with van der Waals surface area (Å²) < 4.78 is 13.2. The average Bonchev–Trinajstić information content (AvgIpc) is 2.80. The van der Waals surface area contributed by atoms with Crippen LogP contribution in [0, 0.1) is 12.7 Å². The standard InChI is InChI=1S/C19H16FNO3/c1-11-3-5-13(6-4-11)17(22)15-16(21(2)19(24)18(15)23)12-7-9-14(20)10-8-12/h3-10,16,22H,1-2H3/t16-/m1/s1. The number of Topliss-reactive ketones (excluding diaryl/α,β-unsaturated/α-hetero) is 1. The van der Waals surface area contributed by atoms with Crippen LogP contribution < -0.4 is 0 Å². The lowest BCUT2D eigenvalue weighted by Crippen LogP contribution is -2.24. The molecule has 0 bridgehead atoms. The minimum absolute atomic E-state index is 0.0120. The van der Waals surface area contributed by atoms with Gasteiger partial charge in [-0.2, -0.15) is 0 Å². The van der Waals surface area contributed by atoms with Gasteiger partial charge >= 0.3 is 0 Å². The number of likely N-dealkylation sites (tertiary alicyclic amines) is 1. The second-order valence-corrected chi connectivity index (χ2v) is 5.83. The lowest BCUT2D eigenvalue weighted by atomic mass is 9.95. The van der Waals surface area contributed by atoms with E-state index in [1.54, 1.807) is 12.1 Å². The number of amides is 1. The normalized spacial score (nSPS) is 19.8. The van der Waals surface area contributed by atoms with Crippen molar-refractivity contribution in [2.75, 3.05) is 7.05 Å². The van der Waals surface area contributed by atoms with E-state index in [1.165, 1.54) is 36.2 Å². The highest BCUT2D eigenvalue weighted by Crippen LogP contribution is 2.38. The van der Waals surface area contributed by atoms with E-state index in [0.717, 1.165) is 5.56 Å². The Bertz CT molecular complexity index is 838. The van der Waals surface area contributed by atoms with Crippen LogP contribution in [0.4, 0.5) is 4.39 Å². The summed E-state index contributed by atoms with van der Waals surface area (Å²) in [7, 11) is 1.49. The molecule has 3 rings (SSSR count). The van der Waals surface area contributed by atoms with Crippen LogP contribution in [0.2, 0.25) is 0 Å². The monoisotopic (exact) mass is 325 g/mol. The Kier molecular flexibility index (Phi) is 3.93. The summed E-state index contributed by atoms with van der Waals surface area (Å²) in [5.74, 6) is -2.08. The summed E-state index contributed by atoms with van der Waals surface area (Å²) >= 11 is 0. The van der Waals surface area contributed by atoms with Crippen LogP contribution in [-0.4, -0.2) is 28.7 Å². The molecule has 122 valence electrons. The molecule has 0 aliphatic carbocycles. The number of benzene rings is 2. The highest BCUT2D eigenvalue weighted by molar-refractivity contribution is 6.46. The molecule has 1 N–H and O–H groups in total. The fourth-order valence-corrected chi connectivity index (χ4v) is 2.85. The summed E-state index contributed by atoms with van der Waals surface area (Å²) in [6, 6.07) is 11.8. The number of rotatable bonds is 2. The first kappa shape index (κ1) is 15.9. The second-order valence-electron chi connectivity index (χ2n) is 5.83. The zero-order valence-electron chi connectivity index (χ0n) is 13.3. The van der Waals surface area contributed by atoms with Gasteiger partial charge in [0, 0.05) is 12.6 Å². The van der Waals surface area contributed by atoms with Crippen molar-refractivity contribution in [3.8, 4) is 0 Å². The second kappa shape index (κ2) is 5.92. The third-order valence-electron chi connectivity index (χ3n) is 4.19. The number of aliphatic hydroxyl groups excluding tert-OH is 1. The fraction of sp³-hybridized carbons (Fsp3) is 0.158. The van der Waals surface area contributed by atoms with Crippen molar-refractivity contribution < 1.29 is 19.1 Å². The van der Waals surface area contributed by atoms with Gasteiger partial charge < -0.3 is 10.0 Å². The topological polar surface area (TPSA) is 57.6 Å². The Labute approximate surface area is 138 Å². The van der Waals surface area contributed by atoms with Crippen molar-refractivity contribution in [1.29, 1.82) is 0 Å². The van der Waals surface area contributed by atoms with Crippen LogP contribution in [0.1, 0.15) is 22.7 Å². The molecule has 1 aliphatic rings. The smallest absolute Gasteiger partial charge is 0.295 e. The first-order chi connectivity index (χ1) is 11.4. The number of hydrogen-bond acceptors (Lipinski definition) is 3. The number of likely N-dealkylation sites (N-methyl/N-ethyl adjacent to an activating group) is 1. The molecular formula is C19H16FNO3. The summed E-state index contributed by atoms with van der Waals surface area (Å²) in [6.07, 6.45) is 0. The summed E-state index contributed by atoms with van der Waals surface area (Å²) in [6.45, 7) is 1.91. The SMILES string of the molecule is Cc1ccc(C(O)=C2C(=O)C(=O)N(C)[C@@H]2c2ccc(F)cc2)cc1. The molecule has 1 fully saturated rings. The maximum absolute atomic E-state index is 13.2. The van der Waals surface area contributed by atoms with Crippen LogP contribution in [-0.2, 0) is 9.59 Å². The van der Waals surface area contributed by atoms with Gasteiger partial charge in [-0.15, -0.1) is 0 Å². The quantitative estimate of drug-likeness (QED) is 0.524. The van der Waals surface area contributed by atoms with E-state index in [9.17, 15) is 19.1 Å². The molecule has 2 aromatic carbocycles. The van der Waals surface area contributed by atoms with Crippen molar-refractivity contribution >= 4 is 17.4 Å². The van der Waals surface area contributed by atoms with Crippen LogP contribution in [0.5, 0.6) is 0 Å². The molecule has 0 spiro atoms. The fourth-order valence-electron chi connectivity index (χ4n) is 2.85. The molecule has 5 heteroatoms. The summed E-state index contributed by atoms with van der Waals surface area (Å²) in [5, 5.41) is 10.6. The number of carbonyl (C=O) groups is 2. The van der Waals surface area contributed by atoms with Crippen LogP contribution in [0.25, 0.3) is 5.76 Å². The molecule has 24 heavy (non-hydrogen) atoms. The minimum atomic E-state index is -0.745. The maximum Gasteiger partial charge on any atom is 0.295 e. The maximum atomic E-state index is 13.2. The highest BCUT2D eigenvalue weighted by Gasteiger charge is 2.44. The molecular weight excluding hydrogens is 309 g/mol. The van der Waals surface area contributed by atoms with Gasteiger partial charge in [-0.25, -0.2) is 4.39 Å². The lowest BCUT2D eigenvalue weighted by Gasteiger charge is -2.21. The average molecular weight is 325 g/mol. The van der Waals surface area contributed by atoms with E-state index in [1.807, 2.05) is 19.1 Å². The molecule has 1 heterocycles. The predicted octanol–water partition coefficient (Wildman–Crippen LogP) is 3.19. The minimum Gasteiger partial charge on any atom is -0.507 e. The van der Waals surface area contributed by atoms with Gasteiger partial charge in [-0.3, -0.25) is 9.59 Å². The van der Waals surface area contributed by atoms with Gasteiger partial charge in [0.15, 0.2) is 0 Å². The number of aliphatic hydroxyl groups is 1. The van der Waals surface area contributed by atoms with E-state index in [-0.39, 0.29) is 11.3 Å². The summed E-state index contributed by atoms with van der Waals surface area (Å²) in [4.78, 5) is 25.7. The molecule has 4 nitrogen and oxygen atoms in total. The van der Waals surface area contributed by atoms with Crippen LogP contribution in [0.3, 0.4) is 0 Å². The molecule has 0 aromatic heterocycles. The van der Waals surface area contributed by atoms with E-state index in [2.05, 4.69) is 0 Å². The van der Waals surface area contributed by atoms with Gasteiger partial charge in [0.25, 0.3) is 11.7 Å².